The van der Waals surface area contributed by atoms with Gasteiger partial charge in [-0.15, -0.1) is 0 Å². The van der Waals surface area contributed by atoms with Crippen LogP contribution < -0.4 is 5.32 Å². The minimum Gasteiger partial charge on any atom is -0.468 e. The second kappa shape index (κ2) is 16.6. The van der Waals surface area contributed by atoms with Crippen LogP contribution in [0.4, 0.5) is 0 Å². The first-order valence-corrected chi connectivity index (χ1v) is 7.42. The van der Waals surface area contributed by atoms with Gasteiger partial charge in [-0.3, -0.25) is 11.8 Å². The molecule has 0 fully saturated rings. The molecule has 1 N–H and O–H groups in total. The number of hydrogen-bond donors (Lipinski definition) is 1. The zero-order valence-corrected chi connectivity index (χ0v) is 17.9. The summed E-state index contributed by atoms with van der Waals surface area (Å²) >= 11 is 1.65. The molecule has 0 spiro atoms. The predicted octanol–water partition coefficient (Wildman–Crippen LogP) is 3.88. The van der Waals surface area contributed by atoms with Crippen molar-refractivity contribution in [2.24, 2.45) is 11.8 Å². The molecule has 0 aliphatic heterocycles. The molecule has 0 aromatic carbocycles. The molecule has 0 aliphatic rings. The molecule has 6 heteroatoms. The molecule has 0 bridgehead atoms. The standard InChI is InChI=1S/C13H27N2O.CH4.CH3.BI.Yb/c1-9(2)12(16)15(8)11(4)10(3)13(5,6)14-7;;;1-2;/h9-11,14H,7H2,1-6,8H3;1H4;1H3;;/q-1;;-1;;+2. The van der Waals surface area contributed by atoms with Crippen LogP contribution in [0.3, 0.4) is 0 Å². The number of carbonyl (C=O) groups is 1. The first kappa shape index (κ1) is 34.2. The molecule has 0 aromatic heterocycles. The van der Waals surface area contributed by atoms with Gasteiger partial charge in [0.15, 0.2) is 5.70 Å². The van der Waals surface area contributed by atoms with Gasteiger partial charge in [-0.2, -0.15) is 22.4 Å². The average molecular weight is 569 g/mol. The monoisotopic (exact) mass is 570 g/mol. The molecule has 2 radical (unpaired) electrons. The van der Waals surface area contributed by atoms with Crippen molar-refractivity contribution in [1.29, 1.82) is 0 Å². The zero-order valence-electron chi connectivity index (χ0n) is 14.0. The molecule has 1 amide bonds. The number of amides is 1. The fraction of sp³-hybridized carbons (Fsp3) is 0.800. The van der Waals surface area contributed by atoms with E-state index in [4.69, 9.17) is 0 Å². The van der Waals surface area contributed by atoms with E-state index in [-0.39, 0.29) is 85.2 Å². The Hall–Kier alpha value is 1.74. The Labute approximate surface area is 187 Å². The maximum atomic E-state index is 11.9. The van der Waals surface area contributed by atoms with Crippen molar-refractivity contribution in [2.75, 3.05) is 7.05 Å². The van der Waals surface area contributed by atoms with Crippen molar-refractivity contribution in [3.63, 3.8) is 0 Å². The third-order valence-corrected chi connectivity index (χ3v) is 3.77. The maximum absolute atomic E-state index is 11.9. The Morgan fingerprint density at radius 1 is 1.24 bits per heavy atom. The zero-order chi connectivity index (χ0) is 15.1. The summed E-state index contributed by atoms with van der Waals surface area (Å²) in [6.45, 7) is 12.3. The van der Waals surface area contributed by atoms with Crippen LogP contribution in [-0.2, 0) is 4.79 Å². The summed E-state index contributed by atoms with van der Waals surface area (Å²) in [6.07, 6.45) is 0. The summed E-state index contributed by atoms with van der Waals surface area (Å²) in [5.74, 6) is 0.576. The van der Waals surface area contributed by atoms with E-state index in [2.05, 4.69) is 45.8 Å². The third kappa shape index (κ3) is 11.9. The van der Waals surface area contributed by atoms with E-state index in [9.17, 15) is 4.79 Å². The molecule has 2 atom stereocenters. The molecule has 0 saturated heterocycles. The first-order chi connectivity index (χ1) is 8.15. The van der Waals surface area contributed by atoms with Gasteiger partial charge in [0.1, 0.15) is 0 Å². The van der Waals surface area contributed by atoms with Crippen LogP contribution in [-0.4, -0.2) is 35.1 Å². The summed E-state index contributed by atoms with van der Waals surface area (Å²) < 4.78 is 0. The summed E-state index contributed by atoms with van der Waals surface area (Å²) in [7, 11) is 5.62. The van der Waals surface area contributed by atoms with Crippen molar-refractivity contribution in [2.45, 2.75) is 60.5 Å². The number of rotatable bonds is 5. The molecule has 21 heavy (non-hydrogen) atoms. The van der Waals surface area contributed by atoms with Gasteiger partial charge in [0.2, 0.25) is 5.91 Å². The summed E-state index contributed by atoms with van der Waals surface area (Å²) in [5, 5.41) is 3.06. The largest absolute Gasteiger partial charge is 2.00 e. The summed E-state index contributed by atoms with van der Waals surface area (Å²) in [5.41, 5.74) is 4.39. The van der Waals surface area contributed by atoms with Crippen molar-refractivity contribution in [3.05, 3.63) is 14.5 Å². The number of carbonyl (C=O) groups excluding carboxylic acids is 1. The Morgan fingerprint density at radius 3 is 1.81 bits per heavy atom. The molecular formula is C15H34BIN2OYb. The maximum Gasteiger partial charge on any atom is 2.00 e. The predicted molar refractivity (Wildman–Crippen MR) is 102 cm³/mol. The molecule has 2 unspecified atom stereocenters. The van der Waals surface area contributed by atoms with Gasteiger partial charge < -0.3 is 17.6 Å². The van der Waals surface area contributed by atoms with E-state index in [1.807, 2.05) is 25.8 Å². The minimum absolute atomic E-state index is 0. The number of nitrogens with one attached hydrogen (secondary N) is 1. The smallest absolute Gasteiger partial charge is 0.468 e. The molecule has 3 nitrogen and oxygen atoms in total. The van der Waals surface area contributed by atoms with Crippen LogP contribution in [0.5, 0.6) is 0 Å². The van der Waals surface area contributed by atoms with Crippen molar-refractivity contribution >= 4 is 34.0 Å². The van der Waals surface area contributed by atoms with E-state index in [0.29, 0.717) is 5.92 Å². The molecule has 0 heterocycles. The Balaban J connectivity index is -0.000000163. The van der Waals surface area contributed by atoms with E-state index >= 15 is 0 Å². The van der Waals surface area contributed by atoms with Crippen LogP contribution >= 0.6 is 22.4 Å². The molecule has 0 aliphatic carbocycles. The van der Waals surface area contributed by atoms with Crippen molar-refractivity contribution < 1.29 is 51.7 Å². The van der Waals surface area contributed by atoms with Crippen molar-refractivity contribution in [1.82, 2.24) is 10.2 Å². The quantitative estimate of drug-likeness (QED) is 0.310. The van der Waals surface area contributed by atoms with Gasteiger partial charge in [-0.25, -0.2) is 0 Å². The molecule has 0 aromatic rings. The van der Waals surface area contributed by atoms with E-state index in [1.165, 1.54) is 0 Å². The Kier molecular flexibility index (Phi) is 27.0. The molecule has 0 rings (SSSR count). The van der Waals surface area contributed by atoms with Gasteiger partial charge in [0, 0.05) is 19.0 Å². The van der Waals surface area contributed by atoms with Crippen LogP contribution in [0.15, 0.2) is 0 Å². The van der Waals surface area contributed by atoms with Crippen LogP contribution in [0.1, 0.15) is 49.0 Å². The van der Waals surface area contributed by atoms with Crippen LogP contribution in [0.2, 0.25) is 0 Å². The van der Waals surface area contributed by atoms with Crippen molar-refractivity contribution in [3.8, 4) is 0 Å². The Morgan fingerprint density at radius 2 is 1.57 bits per heavy atom. The normalized spacial score (nSPS) is 12.5. The van der Waals surface area contributed by atoms with E-state index in [1.54, 1.807) is 22.4 Å². The molecule has 134 valence electrons. The number of halogens is 1. The van der Waals surface area contributed by atoms with Gasteiger partial charge in [0.25, 0.3) is 0 Å². The van der Waals surface area contributed by atoms with Gasteiger partial charge in [0.05, 0.1) is 0 Å². The van der Waals surface area contributed by atoms with Gasteiger partial charge in [-0.05, 0) is 32.2 Å². The average Bonchev–Trinajstić information content (AvgIpc) is 2.37. The van der Waals surface area contributed by atoms with E-state index in [0.717, 1.165) is 0 Å². The molecular weight excluding hydrogens is 535 g/mol. The Bertz CT molecular complexity index is 254. The SMILES string of the molecule is C.[B]I.[CH2-]NC(C)(C)C(C)C(C)N(C)C(=O)C(C)C.[CH3-].[Yb+2]. The van der Waals surface area contributed by atoms with Gasteiger partial charge >= 0.3 is 46.9 Å². The van der Waals surface area contributed by atoms with Gasteiger partial charge in [-0.1, -0.05) is 28.2 Å². The van der Waals surface area contributed by atoms with E-state index < -0.39 is 0 Å². The molecule has 0 saturated carbocycles. The second-order valence-corrected chi connectivity index (χ2v) is 5.53. The van der Waals surface area contributed by atoms with Crippen LogP contribution in [0.25, 0.3) is 0 Å². The minimum atomic E-state index is -0.0784. The first-order valence-electron chi connectivity index (χ1n) is 6.17. The van der Waals surface area contributed by atoms with Crippen LogP contribution in [0, 0.1) is 73.2 Å². The third-order valence-electron chi connectivity index (χ3n) is 3.77. The topological polar surface area (TPSA) is 32.3 Å². The number of nitrogens with zero attached hydrogens (tertiary/aromatic N) is 1. The fourth-order valence-electron chi connectivity index (χ4n) is 1.71. The number of hydrogen-bond acceptors (Lipinski definition) is 2. The fourth-order valence-corrected chi connectivity index (χ4v) is 1.71. The second-order valence-electron chi connectivity index (χ2n) is 5.53. The summed E-state index contributed by atoms with van der Waals surface area (Å²) in [4.78, 5) is 13.7. The summed E-state index contributed by atoms with van der Waals surface area (Å²) in [6, 6.07) is 0.194.